The van der Waals surface area contributed by atoms with Crippen molar-refractivity contribution < 1.29 is 4.79 Å². The molecule has 0 atom stereocenters. The van der Waals surface area contributed by atoms with Crippen molar-refractivity contribution in [1.82, 2.24) is 9.97 Å². The van der Waals surface area contributed by atoms with E-state index in [1.54, 1.807) is 17.7 Å². The summed E-state index contributed by atoms with van der Waals surface area (Å²) >= 11 is 1.65. The van der Waals surface area contributed by atoms with Gasteiger partial charge in [-0.2, -0.15) is 0 Å². The highest BCUT2D eigenvalue weighted by atomic mass is 32.1. The summed E-state index contributed by atoms with van der Waals surface area (Å²) in [5.41, 5.74) is 4.38. The Morgan fingerprint density at radius 2 is 1.83 bits per heavy atom. The molecule has 0 spiro atoms. The number of nitrogens with zero attached hydrogens (tertiary/aromatic N) is 3. The SMILES string of the molecule is Cc1ccc(NC(=O)CCN(C)c2ncnc3sc(-c4ccccc4)cc23)cc1C. The van der Waals surface area contributed by atoms with Crippen molar-refractivity contribution in [3.05, 3.63) is 72.1 Å². The van der Waals surface area contributed by atoms with Crippen LogP contribution in [0.25, 0.3) is 20.7 Å². The molecule has 30 heavy (non-hydrogen) atoms. The number of hydrogen-bond acceptors (Lipinski definition) is 5. The van der Waals surface area contributed by atoms with Crippen molar-refractivity contribution in [3.63, 3.8) is 0 Å². The third kappa shape index (κ3) is 4.33. The molecule has 0 bridgehead atoms. The van der Waals surface area contributed by atoms with Crippen LogP contribution in [-0.2, 0) is 4.79 Å². The topological polar surface area (TPSA) is 58.1 Å². The van der Waals surface area contributed by atoms with E-state index in [0.29, 0.717) is 13.0 Å². The molecule has 4 rings (SSSR count). The van der Waals surface area contributed by atoms with E-state index in [0.717, 1.165) is 26.6 Å². The van der Waals surface area contributed by atoms with E-state index in [1.807, 2.05) is 55.3 Å². The molecule has 1 N–H and O–H groups in total. The quantitative estimate of drug-likeness (QED) is 0.455. The molecule has 0 aliphatic rings. The minimum Gasteiger partial charge on any atom is -0.359 e. The van der Waals surface area contributed by atoms with E-state index in [4.69, 9.17) is 0 Å². The van der Waals surface area contributed by atoms with Crippen LogP contribution in [0, 0.1) is 13.8 Å². The van der Waals surface area contributed by atoms with Gasteiger partial charge in [0.2, 0.25) is 5.91 Å². The minimum absolute atomic E-state index is 0.00861. The van der Waals surface area contributed by atoms with Crippen molar-refractivity contribution in [2.75, 3.05) is 23.8 Å². The summed E-state index contributed by atoms with van der Waals surface area (Å²) in [5, 5.41) is 4.00. The Hall–Kier alpha value is -3.25. The van der Waals surface area contributed by atoms with Crippen LogP contribution in [0.15, 0.2) is 60.9 Å². The number of carbonyl (C=O) groups is 1. The highest BCUT2D eigenvalue weighted by molar-refractivity contribution is 7.21. The van der Waals surface area contributed by atoms with Crippen LogP contribution >= 0.6 is 11.3 Å². The molecule has 0 radical (unpaired) electrons. The normalized spacial score (nSPS) is 10.9. The lowest BCUT2D eigenvalue weighted by Crippen LogP contribution is -2.24. The number of fused-ring (bicyclic) bond motifs is 1. The maximum Gasteiger partial charge on any atom is 0.226 e. The van der Waals surface area contributed by atoms with Crippen LogP contribution in [0.4, 0.5) is 11.5 Å². The summed E-state index contributed by atoms with van der Waals surface area (Å²) in [7, 11) is 1.96. The fourth-order valence-electron chi connectivity index (χ4n) is 3.31. The maximum atomic E-state index is 12.4. The fourth-order valence-corrected chi connectivity index (χ4v) is 4.31. The first-order chi connectivity index (χ1) is 14.5. The molecule has 1 amide bonds. The molecular weight excluding hydrogens is 392 g/mol. The number of rotatable bonds is 6. The predicted octanol–water partition coefficient (Wildman–Crippen LogP) is 5.44. The number of aryl methyl sites for hydroxylation is 2. The molecule has 6 heteroatoms. The Labute approximate surface area is 180 Å². The third-order valence-corrected chi connectivity index (χ3v) is 6.29. The molecule has 2 heterocycles. The van der Waals surface area contributed by atoms with Gasteiger partial charge in [0.1, 0.15) is 17.0 Å². The summed E-state index contributed by atoms with van der Waals surface area (Å²) in [6.45, 7) is 4.68. The van der Waals surface area contributed by atoms with Gasteiger partial charge in [-0.05, 0) is 48.7 Å². The molecule has 0 unspecified atom stereocenters. The number of amides is 1. The molecule has 4 aromatic rings. The smallest absolute Gasteiger partial charge is 0.226 e. The lowest BCUT2D eigenvalue weighted by Gasteiger charge is -2.18. The number of carbonyl (C=O) groups excluding carboxylic acids is 1. The summed E-state index contributed by atoms with van der Waals surface area (Å²) in [5.74, 6) is 0.836. The fraction of sp³-hybridized carbons (Fsp3) is 0.208. The van der Waals surface area contributed by atoms with Gasteiger partial charge < -0.3 is 10.2 Å². The van der Waals surface area contributed by atoms with Crippen LogP contribution in [-0.4, -0.2) is 29.5 Å². The van der Waals surface area contributed by atoms with Crippen molar-refractivity contribution in [1.29, 1.82) is 0 Å². The maximum absolute atomic E-state index is 12.4. The average Bonchev–Trinajstić information content (AvgIpc) is 3.20. The first kappa shape index (κ1) is 20.0. The standard InChI is InChI=1S/C24H24N4OS/c1-16-9-10-19(13-17(16)2)27-22(29)11-12-28(3)23-20-14-21(18-7-5-4-6-8-18)30-24(20)26-15-25-23/h4-10,13-15H,11-12H2,1-3H3,(H,27,29). The molecule has 0 aliphatic heterocycles. The zero-order valence-electron chi connectivity index (χ0n) is 17.3. The lowest BCUT2D eigenvalue weighted by molar-refractivity contribution is -0.116. The molecule has 0 saturated heterocycles. The van der Waals surface area contributed by atoms with Gasteiger partial charge in [0.25, 0.3) is 0 Å². The number of nitrogens with one attached hydrogen (secondary N) is 1. The summed E-state index contributed by atoms with van der Waals surface area (Å²) in [4.78, 5) is 25.5. The second kappa shape index (κ2) is 8.63. The molecule has 2 aromatic carbocycles. The second-order valence-corrected chi connectivity index (χ2v) is 8.44. The number of thiophene rings is 1. The summed E-state index contributed by atoms with van der Waals surface area (Å²) in [6.07, 6.45) is 1.97. The first-order valence-corrected chi connectivity index (χ1v) is 10.7. The number of anilines is 2. The van der Waals surface area contributed by atoms with Gasteiger partial charge in [-0.15, -0.1) is 11.3 Å². The minimum atomic E-state index is -0.00861. The van der Waals surface area contributed by atoms with Crippen LogP contribution in [0.2, 0.25) is 0 Å². The van der Waals surface area contributed by atoms with E-state index >= 15 is 0 Å². The van der Waals surface area contributed by atoms with E-state index in [2.05, 4.69) is 40.4 Å². The van der Waals surface area contributed by atoms with Crippen molar-refractivity contribution in [3.8, 4) is 10.4 Å². The van der Waals surface area contributed by atoms with Gasteiger partial charge in [0.05, 0.1) is 5.39 Å². The molecule has 0 fully saturated rings. The zero-order valence-corrected chi connectivity index (χ0v) is 18.2. The largest absolute Gasteiger partial charge is 0.359 e. The monoisotopic (exact) mass is 416 g/mol. The predicted molar refractivity (Wildman–Crippen MR) is 125 cm³/mol. The van der Waals surface area contributed by atoms with E-state index in [-0.39, 0.29) is 5.91 Å². The van der Waals surface area contributed by atoms with Crippen molar-refractivity contribution in [2.45, 2.75) is 20.3 Å². The molecule has 2 aromatic heterocycles. The molecular formula is C24H24N4OS. The zero-order chi connectivity index (χ0) is 21.1. The van der Waals surface area contributed by atoms with Crippen LogP contribution < -0.4 is 10.2 Å². The third-order valence-electron chi connectivity index (χ3n) is 5.19. The number of aromatic nitrogens is 2. The van der Waals surface area contributed by atoms with Gasteiger partial charge >= 0.3 is 0 Å². The van der Waals surface area contributed by atoms with Gasteiger partial charge in [-0.25, -0.2) is 9.97 Å². The van der Waals surface area contributed by atoms with Gasteiger partial charge in [-0.3, -0.25) is 4.79 Å². The molecule has 5 nitrogen and oxygen atoms in total. The van der Waals surface area contributed by atoms with E-state index in [9.17, 15) is 4.79 Å². The van der Waals surface area contributed by atoms with E-state index < -0.39 is 0 Å². The van der Waals surface area contributed by atoms with Crippen molar-refractivity contribution >= 4 is 39.0 Å². The highest BCUT2D eigenvalue weighted by Gasteiger charge is 2.14. The highest BCUT2D eigenvalue weighted by Crippen LogP contribution is 2.35. The molecule has 0 saturated carbocycles. The Morgan fingerprint density at radius 3 is 2.60 bits per heavy atom. The van der Waals surface area contributed by atoms with Crippen LogP contribution in [0.3, 0.4) is 0 Å². The average molecular weight is 417 g/mol. The van der Waals surface area contributed by atoms with Gasteiger partial charge in [0.15, 0.2) is 0 Å². The Balaban J connectivity index is 1.46. The first-order valence-electron chi connectivity index (χ1n) is 9.89. The van der Waals surface area contributed by atoms with Crippen molar-refractivity contribution in [2.24, 2.45) is 0 Å². The van der Waals surface area contributed by atoms with Crippen LogP contribution in [0.5, 0.6) is 0 Å². The number of hydrogen-bond donors (Lipinski definition) is 1. The Kier molecular flexibility index (Phi) is 5.77. The lowest BCUT2D eigenvalue weighted by atomic mass is 10.1. The Morgan fingerprint density at radius 1 is 1.03 bits per heavy atom. The Bertz CT molecular complexity index is 1190. The molecule has 0 aliphatic carbocycles. The van der Waals surface area contributed by atoms with Gasteiger partial charge in [-0.1, -0.05) is 36.4 Å². The second-order valence-electron chi connectivity index (χ2n) is 7.41. The van der Waals surface area contributed by atoms with Gasteiger partial charge in [0, 0.05) is 30.6 Å². The summed E-state index contributed by atoms with van der Waals surface area (Å²) < 4.78 is 0. The van der Waals surface area contributed by atoms with Crippen LogP contribution in [0.1, 0.15) is 17.5 Å². The summed E-state index contributed by atoms with van der Waals surface area (Å²) in [6, 6.07) is 18.4. The number of benzene rings is 2. The molecule has 152 valence electrons. The van der Waals surface area contributed by atoms with E-state index in [1.165, 1.54) is 16.7 Å².